The van der Waals surface area contributed by atoms with Crippen molar-refractivity contribution in [2.75, 3.05) is 11.9 Å². The average Bonchev–Trinajstić information content (AvgIpc) is 2.56. The van der Waals surface area contributed by atoms with E-state index in [4.69, 9.17) is 21.7 Å². The Kier molecular flexibility index (Phi) is 6.88. The van der Waals surface area contributed by atoms with Crippen LogP contribution < -0.4 is 20.1 Å². The van der Waals surface area contributed by atoms with E-state index in [0.717, 1.165) is 22.7 Å². The van der Waals surface area contributed by atoms with Crippen LogP contribution in [-0.2, 0) is 6.54 Å². The van der Waals surface area contributed by atoms with Crippen LogP contribution in [0.2, 0.25) is 0 Å². The first kappa shape index (κ1) is 18.1. The minimum absolute atomic E-state index is 0.177. The van der Waals surface area contributed by atoms with Crippen LogP contribution in [0.5, 0.6) is 11.5 Å². The van der Waals surface area contributed by atoms with Crippen molar-refractivity contribution in [3.8, 4) is 11.5 Å². The van der Waals surface area contributed by atoms with Gasteiger partial charge in [-0.15, -0.1) is 0 Å². The molecule has 0 atom stereocenters. The molecule has 2 aromatic carbocycles. The van der Waals surface area contributed by atoms with Crippen molar-refractivity contribution < 1.29 is 9.47 Å². The Labute approximate surface area is 149 Å². The van der Waals surface area contributed by atoms with Crippen LogP contribution in [0.1, 0.15) is 26.3 Å². The number of rotatable bonds is 7. The topological polar surface area (TPSA) is 42.5 Å². The predicted octanol–water partition coefficient (Wildman–Crippen LogP) is 4.36. The lowest BCUT2D eigenvalue weighted by Crippen LogP contribution is -2.28. The van der Waals surface area contributed by atoms with Gasteiger partial charge in [-0.05, 0) is 62.8 Å². The monoisotopic (exact) mass is 344 g/mol. The van der Waals surface area contributed by atoms with Gasteiger partial charge in [0.05, 0.1) is 18.4 Å². The molecule has 0 aliphatic rings. The lowest BCUT2D eigenvalue weighted by Gasteiger charge is -2.14. The maximum atomic E-state index is 5.64. The van der Waals surface area contributed by atoms with E-state index in [1.807, 2.05) is 69.3 Å². The van der Waals surface area contributed by atoms with Crippen LogP contribution in [-0.4, -0.2) is 17.8 Å². The quantitative estimate of drug-likeness (QED) is 0.731. The third-order valence-electron chi connectivity index (χ3n) is 3.18. The molecule has 0 heterocycles. The van der Waals surface area contributed by atoms with Crippen molar-refractivity contribution in [1.82, 2.24) is 5.32 Å². The van der Waals surface area contributed by atoms with Gasteiger partial charge in [-0.1, -0.05) is 24.3 Å². The number of nitrogens with one attached hydrogen (secondary N) is 2. The summed E-state index contributed by atoms with van der Waals surface area (Å²) in [6, 6.07) is 15.7. The van der Waals surface area contributed by atoms with Crippen LogP contribution in [0.25, 0.3) is 0 Å². The molecule has 0 bridgehead atoms. The minimum atomic E-state index is 0.177. The molecule has 0 saturated carbocycles. The standard InChI is InChI=1S/C19H24N2O2S/c1-4-22-18-8-6-5-7-17(18)21-19(24)20-13-15-9-11-16(12-10-15)23-14(2)3/h5-12,14H,4,13H2,1-3H3,(H2,20,21,24). The lowest BCUT2D eigenvalue weighted by atomic mass is 10.2. The largest absolute Gasteiger partial charge is 0.492 e. The van der Waals surface area contributed by atoms with Crippen LogP contribution >= 0.6 is 12.2 Å². The molecule has 0 fully saturated rings. The van der Waals surface area contributed by atoms with Gasteiger partial charge in [0.15, 0.2) is 5.11 Å². The van der Waals surface area contributed by atoms with Crippen molar-refractivity contribution in [2.24, 2.45) is 0 Å². The second-order valence-corrected chi connectivity index (χ2v) is 5.96. The molecule has 2 aromatic rings. The van der Waals surface area contributed by atoms with Crippen molar-refractivity contribution in [2.45, 2.75) is 33.4 Å². The normalized spacial score (nSPS) is 10.3. The molecule has 4 nitrogen and oxygen atoms in total. The smallest absolute Gasteiger partial charge is 0.171 e. The van der Waals surface area contributed by atoms with E-state index in [2.05, 4.69) is 10.6 Å². The Balaban J connectivity index is 1.87. The highest BCUT2D eigenvalue weighted by atomic mass is 32.1. The fourth-order valence-corrected chi connectivity index (χ4v) is 2.34. The minimum Gasteiger partial charge on any atom is -0.492 e. The molecule has 0 spiro atoms. The molecule has 0 unspecified atom stereocenters. The molecule has 0 saturated heterocycles. The number of thiocarbonyl (C=S) groups is 1. The second kappa shape index (κ2) is 9.13. The van der Waals surface area contributed by atoms with E-state index in [0.29, 0.717) is 18.3 Å². The summed E-state index contributed by atoms with van der Waals surface area (Å²) >= 11 is 5.36. The zero-order valence-electron chi connectivity index (χ0n) is 14.3. The van der Waals surface area contributed by atoms with Crippen LogP contribution in [0, 0.1) is 0 Å². The van der Waals surface area contributed by atoms with E-state index in [1.165, 1.54) is 0 Å². The number of hydrogen-bond donors (Lipinski definition) is 2. The summed E-state index contributed by atoms with van der Waals surface area (Å²) in [5, 5.41) is 6.93. The average molecular weight is 344 g/mol. The van der Waals surface area contributed by atoms with E-state index < -0.39 is 0 Å². The molecule has 0 aromatic heterocycles. The highest BCUT2D eigenvalue weighted by Crippen LogP contribution is 2.23. The van der Waals surface area contributed by atoms with Gasteiger partial charge < -0.3 is 20.1 Å². The number of benzene rings is 2. The molecule has 0 aliphatic heterocycles. The molecule has 2 N–H and O–H groups in total. The molecule has 0 amide bonds. The summed E-state index contributed by atoms with van der Waals surface area (Å²) in [6.45, 7) is 7.24. The Morgan fingerprint density at radius 3 is 2.46 bits per heavy atom. The van der Waals surface area contributed by atoms with E-state index in [1.54, 1.807) is 0 Å². The summed E-state index contributed by atoms with van der Waals surface area (Å²) in [7, 11) is 0. The summed E-state index contributed by atoms with van der Waals surface area (Å²) in [6.07, 6.45) is 0.177. The summed E-state index contributed by atoms with van der Waals surface area (Å²) in [5.41, 5.74) is 1.99. The van der Waals surface area contributed by atoms with Gasteiger partial charge in [-0.2, -0.15) is 0 Å². The lowest BCUT2D eigenvalue weighted by molar-refractivity contribution is 0.242. The van der Waals surface area contributed by atoms with E-state index in [-0.39, 0.29) is 6.10 Å². The van der Waals surface area contributed by atoms with Gasteiger partial charge in [0.25, 0.3) is 0 Å². The molecule has 5 heteroatoms. The SMILES string of the molecule is CCOc1ccccc1NC(=S)NCc1ccc(OC(C)C)cc1. The molecular weight excluding hydrogens is 320 g/mol. The van der Waals surface area contributed by atoms with Gasteiger partial charge in [-0.25, -0.2) is 0 Å². The second-order valence-electron chi connectivity index (χ2n) is 5.55. The maximum Gasteiger partial charge on any atom is 0.171 e. The van der Waals surface area contributed by atoms with Gasteiger partial charge in [0, 0.05) is 6.54 Å². The van der Waals surface area contributed by atoms with Crippen LogP contribution in [0.4, 0.5) is 5.69 Å². The first-order valence-electron chi connectivity index (χ1n) is 8.10. The number of hydrogen-bond acceptors (Lipinski definition) is 3. The van der Waals surface area contributed by atoms with E-state index >= 15 is 0 Å². The fourth-order valence-electron chi connectivity index (χ4n) is 2.16. The summed E-state index contributed by atoms with van der Waals surface area (Å²) in [4.78, 5) is 0. The van der Waals surface area contributed by atoms with Crippen molar-refractivity contribution >= 4 is 23.0 Å². The van der Waals surface area contributed by atoms with Gasteiger partial charge in [0.2, 0.25) is 0 Å². The highest BCUT2D eigenvalue weighted by molar-refractivity contribution is 7.80. The highest BCUT2D eigenvalue weighted by Gasteiger charge is 2.04. The van der Waals surface area contributed by atoms with Crippen molar-refractivity contribution in [3.05, 3.63) is 54.1 Å². The van der Waals surface area contributed by atoms with E-state index in [9.17, 15) is 0 Å². The Bertz CT molecular complexity index is 657. The Hall–Kier alpha value is -2.27. The summed E-state index contributed by atoms with van der Waals surface area (Å²) < 4.78 is 11.2. The Morgan fingerprint density at radius 1 is 1.08 bits per heavy atom. The first-order chi connectivity index (χ1) is 11.6. The third kappa shape index (κ3) is 5.74. The molecule has 24 heavy (non-hydrogen) atoms. The van der Waals surface area contributed by atoms with Crippen molar-refractivity contribution in [1.29, 1.82) is 0 Å². The third-order valence-corrected chi connectivity index (χ3v) is 3.43. The fraction of sp³-hybridized carbons (Fsp3) is 0.316. The number of anilines is 1. The molecule has 0 aliphatic carbocycles. The summed E-state index contributed by atoms with van der Waals surface area (Å²) in [5.74, 6) is 1.67. The van der Waals surface area contributed by atoms with Gasteiger partial charge in [-0.3, -0.25) is 0 Å². The van der Waals surface area contributed by atoms with Crippen LogP contribution in [0.3, 0.4) is 0 Å². The van der Waals surface area contributed by atoms with Crippen LogP contribution in [0.15, 0.2) is 48.5 Å². The number of para-hydroxylation sites is 2. The zero-order chi connectivity index (χ0) is 17.4. The zero-order valence-corrected chi connectivity index (χ0v) is 15.2. The Morgan fingerprint density at radius 2 is 1.79 bits per heavy atom. The molecular formula is C19H24N2O2S. The van der Waals surface area contributed by atoms with Crippen molar-refractivity contribution in [3.63, 3.8) is 0 Å². The number of ether oxygens (including phenoxy) is 2. The molecule has 0 radical (unpaired) electrons. The van der Waals surface area contributed by atoms with Gasteiger partial charge >= 0.3 is 0 Å². The molecule has 128 valence electrons. The molecule has 2 rings (SSSR count). The maximum absolute atomic E-state index is 5.64. The predicted molar refractivity (Wildman–Crippen MR) is 103 cm³/mol. The van der Waals surface area contributed by atoms with Gasteiger partial charge in [0.1, 0.15) is 11.5 Å². The first-order valence-corrected chi connectivity index (χ1v) is 8.51.